The van der Waals surface area contributed by atoms with Crippen molar-refractivity contribution < 1.29 is 17.1 Å². The number of nitrogens with zero attached hydrogens (tertiary/aromatic N) is 2. The standard InChI is InChI=1S/2C18H17BrN.Fe/c2*1-20(2)18(16-8-5-9-17(16)19)15-11-10-13-6-3-4-7-14(13)12-15;/h2*3-12,18H,1-2H3;/t2*18-;/m11./s1. The Balaban J connectivity index is 0.000000184. The molecule has 2 fully saturated rings. The summed E-state index contributed by atoms with van der Waals surface area (Å²) in [5.41, 5.74) is 2.64. The largest absolute Gasteiger partial charge is 0.302 e. The van der Waals surface area contributed by atoms with Gasteiger partial charge in [-0.2, -0.15) is 0 Å². The third-order valence-electron chi connectivity index (χ3n) is 7.39. The molecule has 0 amide bonds. The second-order valence-electron chi connectivity index (χ2n) is 10.6. The summed E-state index contributed by atoms with van der Waals surface area (Å²) in [7, 11) is 8.50. The molecule has 2 aliphatic rings. The van der Waals surface area contributed by atoms with E-state index in [0.717, 1.165) is 0 Å². The minimum absolute atomic E-state index is 0. The van der Waals surface area contributed by atoms with Crippen molar-refractivity contribution in [1.29, 1.82) is 0 Å². The van der Waals surface area contributed by atoms with E-state index in [1.807, 2.05) is 0 Å². The second kappa shape index (κ2) is 15.0. The van der Waals surface area contributed by atoms with Crippen molar-refractivity contribution in [3.05, 3.63) is 156 Å². The average molecular weight is 710 g/mol. The molecule has 210 valence electrons. The minimum atomic E-state index is 0. The van der Waals surface area contributed by atoms with Gasteiger partial charge in [0, 0.05) is 41.0 Å². The monoisotopic (exact) mass is 708 g/mol. The molecule has 0 aliphatic heterocycles. The number of fused-ring (bicyclic) bond motifs is 2. The molecule has 2 aliphatic carbocycles. The van der Waals surface area contributed by atoms with Crippen LogP contribution in [0, 0.1) is 60.0 Å². The molecule has 6 rings (SSSR count). The van der Waals surface area contributed by atoms with Gasteiger partial charge in [-0.15, -0.1) is 0 Å². The van der Waals surface area contributed by atoms with Gasteiger partial charge in [0.05, 0.1) is 9.65 Å². The van der Waals surface area contributed by atoms with E-state index in [0.29, 0.717) is 0 Å². The molecule has 0 saturated heterocycles. The van der Waals surface area contributed by atoms with Crippen LogP contribution in [0.15, 0.2) is 84.9 Å². The van der Waals surface area contributed by atoms with Crippen molar-refractivity contribution in [2.45, 2.75) is 12.1 Å². The molecule has 0 bridgehead atoms. The molecule has 0 spiro atoms. The van der Waals surface area contributed by atoms with Gasteiger partial charge >= 0.3 is 0 Å². The van der Waals surface area contributed by atoms with Crippen molar-refractivity contribution in [2.75, 3.05) is 28.2 Å². The molecule has 10 radical (unpaired) electrons. The van der Waals surface area contributed by atoms with Gasteiger partial charge in [0.25, 0.3) is 0 Å². The van der Waals surface area contributed by atoms with Crippen LogP contribution in [0.1, 0.15) is 23.2 Å². The molecular formula is C36H34Br2FeN2. The van der Waals surface area contributed by atoms with Crippen LogP contribution in [0.4, 0.5) is 0 Å². The predicted molar refractivity (Wildman–Crippen MR) is 177 cm³/mol. The van der Waals surface area contributed by atoms with Gasteiger partial charge in [0.15, 0.2) is 0 Å². The van der Waals surface area contributed by atoms with E-state index in [1.54, 1.807) is 0 Å². The number of hydrogen-bond donors (Lipinski definition) is 0. The fraction of sp³-hybridized carbons (Fsp3) is 0.167. The molecule has 0 unspecified atom stereocenters. The van der Waals surface area contributed by atoms with Crippen LogP contribution in [-0.2, 0) is 17.1 Å². The molecule has 4 aromatic rings. The van der Waals surface area contributed by atoms with Crippen molar-refractivity contribution in [3.8, 4) is 0 Å². The Kier molecular flexibility index (Phi) is 12.0. The van der Waals surface area contributed by atoms with Gasteiger partial charge in [-0.1, -0.05) is 105 Å². The van der Waals surface area contributed by atoms with Crippen LogP contribution in [0.3, 0.4) is 0 Å². The molecule has 0 N–H and O–H groups in total. The van der Waals surface area contributed by atoms with Crippen LogP contribution in [0.5, 0.6) is 0 Å². The van der Waals surface area contributed by atoms with Gasteiger partial charge in [-0.05, 0) is 112 Å². The molecule has 41 heavy (non-hydrogen) atoms. The zero-order chi connectivity index (χ0) is 28.2. The topological polar surface area (TPSA) is 6.48 Å². The maximum atomic E-state index is 3.66. The first kappa shape index (κ1) is 32.7. The number of hydrogen-bond acceptors (Lipinski definition) is 2. The summed E-state index contributed by atoms with van der Waals surface area (Å²) in [6.45, 7) is 0. The first-order valence-corrected chi connectivity index (χ1v) is 15.0. The summed E-state index contributed by atoms with van der Waals surface area (Å²) in [6.07, 6.45) is 12.8. The minimum Gasteiger partial charge on any atom is -0.302 e. The first-order chi connectivity index (χ1) is 19.3. The molecule has 2 atom stereocenters. The summed E-state index contributed by atoms with van der Waals surface area (Å²) in [6, 6.07) is 31.0. The zero-order valence-electron chi connectivity index (χ0n) is 23.7. The third kappa shape index (κ3) is 7.66. The molecule has 5 heteroatoms. The third-order valence-corrected chi connectivity index (χ3v) is 8.83. The van der Waals surface area contributed by atoms with Crippen LogP contribution >= 0.6 is 31.9 Å². The first-order valence-electron chi connectivity index (χ1n) is 13.5. The molecule has 2 nitrogen and oxygen atoms in total. The van der Waals surface area contributed by atoms with Crippen molar-refractivity contribution in [2.24, 2.45) is 0 Å². The summed E-state index contributed by atoms with van der Waals surface area (Å²) >= 11 is 7.31. The Labute approximate surface area is 275 Å². The van der Waals surface area contributed by atoms with Crippen molar-refractivity contribution in [3.63, 3.8) is 0 Å². The van der Waals surface area contributed by atoms with E-state index in [4.69, 9.17) is 0 Å². The molecular weight excluding hydrogens is 676 g/mol. The van der Waals surface area contributed by atoms with Crippen LogP contribution in [0.25, 0.3) is 21.5 Å². The van der Waals surface area contributed by atoms with Crippen LogP contribution in [0.2, 0.25) is 0 Å². The summed E-state index contributed by atoms with van der Waals surface area (Å²) < 4.78 is 0. The van der Waals surface area contributed by atoms with Gasteiger partial charge in [0.2, 0.25) is 0 Å². The van der Waals surface area contributed by atoms with Crippen LogP contribution < -0.4 is 0 Å². The maximum absolute atomic E-state index is 3.66. The van der Waals surface area contributed by atoms with Crippen LogP contribution in [-0.4, -0.2) is 38.0 Å². The summed E-state index contributed by atoms with van der Waals surface area (Å²) in [4.78, 5) is 6.85. The van der Waals surface area contributed by atoms with Crippen molar-refractivity contribution >= 4 is 53.4 Å². The number of halogens is 2. The zero-order valence-corrected chi connectivity index (χ0v) is 28.0. The fourth-order valence-corrected chi connectivity index (χ4v) is 6.54. The predicted octanol–water partition coefficient (Wildman–Crippen LogP) is 9.14. The summed E-state index contributed by atoms with van der Waals surface area (Å²) in [5.74, 6) is 2.62. The van der Waals surface area contributed by atoms with E-state index in [-0.39, 0.29) is 29.2 Å². The van der Waals surface area contributed by atoms with E-state index in [1.165, 1.54) is 54.2 Å². The normalized spacial score (nSPS) is 18.5. The number of rotatable bonds is 6. The second-order valence-corrected chi connectivity index (χ2v) is 12.3. The summed E-state index contributed by atoms with van der Waals surface area (Å²) in [5, 5.41) is 5.16. The Morgan fingerprint density at radius 3 is 1.17 bits per heavy atom. The number of benzene rings is 4. The van der Waals surface area contributed by atoms with E-state index < -0.39 is 0 Å². The SMILES string of the molecule is CN(C)[C@@H]([C]1[CH][CH][CH][C]1Br)c1ccc2ccccc2c1.CN(C)[C@@H]([C]1[CH][CH][CH][C]1Br)c1ccc2ccccc2c1.[Fe]. The Bertz CT molecular complexity index is 1300. The Morgan fingerprint density at radius 2 is 0.854 bits per heavy atom. The van der Waals surface area contributed by atoms with Crippen molar-refractivity contribution in [1.82, 2.24) is 9.80 Å². The van der Waals surface area contributed by atoms with Gasteiger partial charge in [-0.3, -0.25) is 0 Å². The Morgan fingerprint density at radius 1 is 0.488 bits per heavy atom. The maximum Gasteiger partial charge on any atom is 0.0538 e. The molecule has 4 aromatic carbocycles. The smallest absolute Gasteiger partial charge is 0.0538 e. The Hall–Kier alpha value is -1.20. The van der Waals surface area contributed by atoms with Gasteiger partial charge in [0.1, 0.15) is 0 Å². The molecule has 0 aromatic heterocycles. The van der Waals surface area contributed by atoms with E-state index in [2.05, 4.69) is 193 Å². The van der Waals surface area contributed by atoms with Gasteiger partial charge in [-0.25, -0.2) is 0 Å². The molecule has 2 saturated carbocycles. The average Bonchev–Trinajstić information content (AvgIpc) is 3.56. The van der Waals surface area contributed by atoms with Gasteiger partial charge < -0.3 is 9.80 Å². The van der Waals surface area contributed by atoms with E-state index >= 15 is 0 Å². The quantitative estimate of drug-likeness (QED) is 0.184. The fourth-order valence-electron chi connectivity index (χ4n) is 5.54. The van der Waals surface area contributed by atoms with E-state index in [9.17, 15) is 0 Å². The molecule has 0 heterocycles.